The lowest BCUT2D eigenvalue weighted by Crippen LogP contribution is -2.06. The summed E-state index contributed by atoms with van der Waals surface area (Å²) in [5.74, 6) is 0.179. The molecule has 0 fully saturated rings. The summed E-state index contributed by atoms with van der Waals surface area (Å²) in [7, 11) is 0. The zero-order chi connectivity index (χ0) is 14.8. The van der Waals surface area contributed by atoms with Gasteiger partial charge in [0.1, 0.15) is 5.82 Å². The van der Waals surface area contributed by atoms with Crippen LogP contribution in [0.3, 0.4) is 0 Å². The van der Waals surface area contributed by atoms with E-state index in [1.165, 1.54) is 23.3 Å². The Morgan fingerprint density at radius 2 is 2.05 bits per heavy atom. The largest absolute Gasteiger partial charge is 0.323 e. The van der Waals surface area contributed by atoms with Crippen molar-refractivity contribution in [3.63, 3.8) is 0 Å². The van der Waals surface area contributed by atoms with E-state index in [0.29, 0.717) is 5.92 Å². The van der Waals surface area contributed by atoms with Crippen molar-refractivity contribution in [2.75, 3.05) is 0 Å². The first-order chi connectivity index (χ1) is 10.2. The van der Waals surface area contributed by atoms with Crippen LogP contribution in [0.2, 0.25) is 0 Å². The minimum absolute atomic E-state index is 0.161. The minimum Gasteiger partial charge on any atom is -0.313 e. The van der Waals surface area contributed by atoms with Gasteiger partial charge in [0.05, 0.1) is 0 Å². The second-order valence-corrected chi connectivity index (χ2v) is 5.59. The summed E-state index contributed by atoms with van der Waals surface area (Å²) in [4.78, 5) is 16.7. The van der Waals surface area contributed by atoms with Gasteiger partial charge in [0.15, 0.2) is 0 Å². The van der Waals surface area contributed by atoms with Crippen molar-refractivity contribution in [2.24, 2.45) is 5.92 Å². The molecule has 2 aromatic rings. The number of imidazole rings is 1. The van der Waals surface area contributed by atoms with E-state index in [0.717, 1.165) is 36.9 Å². The number of aromatic amines is 2. The fourth-order valence-electron chi connectivity index (χ4n) is 3.30. The molecule has 1 unspecified atom stereocenters. The number of H-pyrrole nitrogens is 2. The molecule has 0 saturated heterocycles. The number of hydrogen-bond donors (Lipinski definition) is 2. The molecule has 4 heteroatoms. The Kier molecular flexibility index (Phi) is 3.78. The molecule has 0 saturated carbocycles. The molecule has 1 aromatic heterocycles. The lowest BCUT2D eigenvalue weighted by Gasteiger charge is -2.15. The van der Waals surface area contributed by atoms with Crippen LogP contribution in [0.15, 0.2) is 40.8 Å². The van der Waals surface area contributed by atoms with Crippen LogP contribution in [0.1, 0.15) is 37.4 Å². The van der Waals surface area contributed by atoms with Crippen LogP contribution < -0.4 is 5.69 Å². The molecule has 1 heterocycles. The summed E-state index contributed by atoms with van der Waals surface area (Å²) in [5, 5.41) is 0. The lowest BCUT2D eigenvalue weighted by atomic mass is 9.90. The summed E-state index contributed by atoms with van der Waals surface area (Å²) in [6.07, 6.45) is 5.75. The first kappa shape index (κ1) is 13.9. The smallest absolute Gasteiger partial charge is 0.313 e. The maximum atomic E-state index is 13.1. The van der Waals surface area contributed by atoms with Gasteiger partial charge in [-0.25, -0.2) is 9.18 Å². The Balaban J connectivity index is 1.92. The molecule has 2 N–H and O–H groups in total. The van der Waals surface area contributed by atoms with Crippen molar-refractivity contribution in [1.29, 1.82) is 0 Å². The summed E-state index contributed by atoms with van der Waals surface area (Å²) < 4.78 is 13.1. The van der Waals surface area contributed by atoms with Gasteiger partial charge in [0.25, 0.3) is 0 Å². The van der Waals surface area contributed by atoms with E-state index in [1.807, 2.05) is 12.1 Å². The highest BCUT2D eigenvalue weighted by molar-refractivity contribution is 5.72. The number of aromatic nitrogens is 2. The molecular formula is C17H19FN2O. The SMILES string of the molecule is CCC1=C(c2ccc(F)cc2)C(Cc2c[nH]c(=O)[nH]2)CC1. The van der Waals surface area contributed by atoms with E-state index < -0.39 is 0 Å². The van der Waals surface area contributed by atoms with Gasteiger partial charge in [-0.1, -0.05) is 24.6 Å². The zero-order valence-electron chi connectivity index (χ0n) is 12.1. The van der Waals surface area contributed by atoms with Crippen LogP contribution in [-0.4, -0.2) is 9.97 Å². The van der Waals surface area contributed by atoms with Crippen molar-refractivity contribution in [3.8, 4) is 0 Å². The Morgan fingerprint density at radius 3 is 2.67 bits per heavy atom. The number of allylic oxidation sites excluding steroid dienone is 2. The van der Waals surface area contributed by atoms with Crippen LogP contribution in [-0.2, 0) is 6.42 Å². The summed E-state index contributed by atoms with van der Waals surface area (Å²) in [5.41, 5.74) is 4.66. The van der Waals surface area contributed by atoms with Crippen molar-refractivity contribution in [2.45, 2.75) is 32.6 Å². The highest BCUT2D eigenvalue weighted by atomic mass is 19.1. The van der Waals surface area contributed by atoms with Gasteiger partial charge in [0.2, 0.25) is 0 Å². The third-order valence-electron chi connectivity index (χ3n) is 4.28. The summed E-state index contributed by atoms with van der Waals surface area (Å²) in [6, 6.07) is 6.75. The molecule has 110 valence electrons. The molecule has 3 nitrogen and oxygen atoms in total. The highest BCUT2D eigenvalue weighted by Gasteiger charge is 2.26. The molecule has 1 aliphatic rings. The molecule has 0 bridgehead atoms. The van der Waals surface area contributed by atoms with Crippen LogP contribution in [0.25, 0.3) is 5.57 Å². The summed E-state index contributed by atoms with van der Waals surface area (Å²) in [6.45, 7) is 2.17. The molecule has 1 aromatic carbocycles. The van der Waals surface area contributed by atoms with Crippen LogP contribution >= 0.6 is 0 Å². The number of nitrogens with one attached hydrogen (secondary N) is 2. The molecule has 0 amide bonds. The van der Waals surface area contributed by atoms with Crippen molar-refractivity contribution >= 4 is 5.57 Å². The summed E-state index contributed by atoms with van der Waals surface area (Å²) >= 11 is 0. The first-order valence-corrected chi connectivity index (χ1v) is 7.41. The number of halogens is 1. The third kappa shape index (κ3) is 2.84. The Morgan fingerprint density at radius 1 is 1.29 bits per heavy atom. The van der Waals surface area contributed by atoms with Gasteiger partial charge < -0.3 is 9.97 Å². The monoisotopic (exact) mass is 286 g/mol. The first-order valence-electron chi connectivity index (χ1n) is 7.41. The van der Waals surface area contributed by atoms with E-state index in [9.17, 15) is 9.18 Å². The fraction of sp³-hybridized carbons (Fsp3) is 0.353. The van der Waals surface area contributed by atoms with Gasteiger partial charge in [-0.2, -0.15) is 0 Å². The predicted molar refractivity (Wildman–Crippen MR) is 81.5 cm³/mol. The van der Waals surface area contributed by atoms with Gasteiger partial charge in [-0.3, -0.25) is 0 Å². The minimum atomic E-state index is -0.207. The van der Waals surface area contributed by atoms with E-state index >= 15 is 0 Å². The number of rotatable bonds is 4. The lowest BCUT2D eigenvalue weighted by molar-refractivity contribution is 0.624. The van der Waals surface area contributed by atoms with Gasteiger partial charge >= 0.3 is 5.69 Å². The zero-order valence-corrected chi connectivity index (χ0v) is 12.1. The van der Waals surface area contributed by atoms with Crippen molar-refractivity contribution < 1.29 is 4.39 Å². The van der Waals surface area contributed by atoms with Gasteiger partial charge in [0, 0.05) is 11.9 Å². The standard InChI is InChI=1S/C17H19FN2O/c1-2-11-3-4-13(9-15-10-19-17(21)20-15)16(11)12-5-7-14(18)8-6-12/h5-8,10,13H,2-4,9H2,1H3,(H2,19,20,21). The fourth-order valence-corrected chi connectivity index (χ4v) is 3.30. The topological polar surface area (TPSA) is 48.6 Å². The second kappa shape index (κ2) is 5.72. The van der Waals surface area contributed by atoms with Crippen LogP contribution in [0, 0.1) is 11.7 Å². The average molecular weight is 286 g/mol. The van der Waals surface area contributed by atoms with E-state index in [-0.39, 0.29) is 11.5 Å². The van der Waals surface area contributed by atoms with Crippen LogP contribution in [0.4, 0.5) is 4.39 Å². The number of hydrogen-bond acceptors (Lipinski definition) is 1. The second-order valence-electron chi connectivity index (χ2n) is 5.59. The normalized spacial score (nSPS) is 18.5. The predicted octanol–water partition coefficient (Wildman–Crippen LogP) is 3.66. The van der Waals surface area contributed by atoms with E-state index in [4.69, 9.17) is 0 Å². The van der Waals surface area contributed by atoms with Crippen molar-refractivity contribution in [1.82, 2.24) is 9.97 Å². The maximum Gasteiger partial charge on any atom is 0.323 e. The molecular weight excluding hydrogens is 267 g/mol. The molecule has 0 aliphatic heterocycles. The Labute approximate surface area is 122 Å². The highest BCUT2D eigenvalue weighted by Crippen LogP contribution is 2.41. The van der Waals surface area contributed by atoms with E-state index in [1.54, 1.807) is 6.20 Å². The molecule has 1 aliphatic carbocycles. The molecule has 0 spiro atoms. The maximum absolute atomic E-state index is 13.1. The number of benzene rings is 1. The Hall–Kier alpha value is -2.10. The quantitative estimate of drug-likeness (QED) is 0.885. The van der Waals surface area contributed by atoms with E-state index in [2.05, 4.69) is 16.9 Å². The average Bonchev–Trinajstić information content (AvgIpc) is 3.07. The molecule has 0 radical (unpaired) electrons. The van der Waals surface area contributed by atoms with Crippen LogP contribution in [0.5, 0.6) is 0 Å². The van der Waals surface area contributed by atoms with Gasteiger partial charge in [-0.05, 0) is 54.9 Å². The molecule has 3 rings (SSSR count). The van der Waals surface area contributed by atoms with Gasteiger partial charge in [-0.15, -0.1) is 0 Å². The molecule has 21 heavy (non-hydrogen) atoms. The third-order valence-corrected chi connectivity index (χ3v) is 4.28. The Bertz CT molecular complexity index is 709. The molecule has 1 atom stereocenters. The van der Waals surface area contributed by atoms with Crippen molar-refractivity contribution in [3.05, 3.63) is 63.6 Å².